The van der Waals surface area contributed by atoms with Gasteiger partial charge in [-0.3, -0.25) is 0 Å². The van der Waals surface area contributed by atoms with Crippen molar-refractivity contribution >= 4 is 26.7 Å². The minimum absolute atomic E-state index is 0.964. The highest BCUT2D eigenvalue weighted by atomic mass is 79.9. The van der Waals surface area contributed by atoms with Crippen LogP contribution >= 0.6 is 15.9 Å². The number of hydrogen-bond donors (Lipinski definition) is 1. The topological polar surface area (TPSA) is 12.0 Å². The summed E-state index contributed by atoms with van der Waals surface area (Å²) < 4.78 is 1.14. The van der Waals surface area contributed by atoms with Crippen molar-refractivity contribution in [3.63, 3.8) is 0 Å². The van der Waals surface area contributed by atoms with Crippen LogP contribution in [0.15, 0.2) is 40.9 Å². The zero-order chi connectivity index (χ0) is 12.1. The molecule has 0 spiro atoms. The van der Waals surface area contributed by atoms with Crippen molar-refractivity contribution in [2.24, 2.45) is 0 Å². The monoisotopic (exact) mass is 291 g/mol. The molecule has 0 amide bonds. The van der Waals surface area contributed by atoms with Crippen molar-refractivity contribution in [3.05, 3.63) is 46.4 Å². The van der Waals surface area contributed by atoms with E-state index in [1.54, 1.807) is 0 Å². The molecular weight excluding hydrogens is 274 g/mol. The predicted octanol–water partition coefficient (Wildman–Crippen LogP) is 4.49. The van der Waals surface area contributed by atoms with Gasteiger partial charge in [0.1, 0.15) is 0 Å². The normalized spacial score (nSPS) is 10.9. The number of halogens is 1. The lowest BCUT2D eigenvalue weighted by Crippen LogP contribution is -2.14. The lowest BCUT2D eigenvalue weighted by atomic mass is 10.1. The van der Waals surface area contributed by atoms with Crippen LogP contribution in [0.3, 0.4) is 0 Å². The quantitative estimate of drug-likeness (QED) is 0.800. The average molecular weight is 292 g/mol. The minimum Gasteiger partial charge on any atom is -0.313 e. The molecule has 2 rings (SSSR count). The molecule has 0 aliphatic heterocycles. The van der Waals surface area contributed by atoms with Crippen molar-refractivity contribution in [3.8, 4) is 0 Å². The summed E-state index contributed by atoms with van der Waals surface area (Å²) in [5, 5.41) is 6.07. The Bertz CT molecular complexity index is 493. The maximum Gasteiger partial charge on any atom is 0.0205 e. The van der Waals surface area contributed by atoms with Gasteiger partial charge >= 0.3 is 0 Å². The van der Waals surface area contributed by atoms with Crippen LogP contribution in [0.5, 0.6) is 0 Å². The molecular formula is C15H18BrN. The highest BCUT2D eigenvalue weighted by Crippen LogP contribution is 2.20. The number of hydrogen-bond acceptors (Lipinski definition) is 1. The molecule has 0 saturated heterocycles. The standard InChI is InChI=1S/C15H18BrN/c1-2-3-8-17-11-12-4-5-14-10-15(16)7-6-13(14)9-12/h4-7,9-10,17H,2-3,8,11H2,1H3. The Morgan fingerprint density at radius 2 is 1.82 bits per heavy atom. The highest BCUT2D eigenvalue weighted by Gasteiger charge is 1.97. The molecule has 0 saturated carbocycles. The number of unbranched alkanes of at least 4 members (excludes halogenated alkanes) is 1. The molecule has 0 bridgehead atoms. The van der Waals surface area contributed by atoms with Gasteiger partial charge in [0.25, 0.3) is 0 Å². The molecule has 0 aromatic heterocycles. The van der Waals surface area contributed by atoms with Crippen molar-refractivity contribution in [2.45, 2.75) is 26.3 Å². The van der Waals surface area contributed by atoms with E-state index in [0.29, 0.717) is 0 Å². The van der Waals surface area contributed by atoms with E-state index < -0.39 is 0 Å². The average Bonchev–Trinajstić information content (AvgIpc) is 2.35. The fourth-order valence-corrected chi connectivity index (χ4v) is 2.29. The third-order valence-corrected chi connectivity index (χ3v) is 3.40. The van der Waals surface area contributed by atoms with E-state index in [9.17, 15) is 0 Å². The molecule has 2 aromatic carbocycles. The van der Waals surface area contributed by atoms with Gasteiger partial charge < -0.3 is 5.32 Å². The molecule has 90 valence electrons. The summed E-state index contributed by atoms with van der Waals surface area (Å²) in [5.41, 5.74) is 1.36. The van der Waals surface area contributed by atoms with E-state index in [1.807, 2.05) is 0 Å². The Morgan fingerprint density at radius 3 is 2.65 bits per heavy atom. The van der Waals surface area contributed by atoms with Gasteiger partial charge in [-0.05, 0) is 47.5 Å². The SMILES string of the molecule is CCCCNCc1ccc2cc(Br)ccc2c1. The van der Waals surface area contributed by atoms with Gasteiger partial charge in [-0.15, -0.1) is 0 Å². The van der Waals surface area contributed by atoms with E-state index in [2.05, 4.69) is 64.6 Å². The molecule has 0 aliphatic rings. The molecule has 0 atom stereocenters. The molecule has 2 aromatic rings. The second-order valence-electron chi connectivity index (χ2n) is 4.36. The maximum absolute atomic E-state index is 3.50. The smallest absolute Gasteiger partial charge is 0.0205 e. The first-order valence-corrected chi connectivity index (χ1v) is 6.98. The van der Waals surface area contributed by atoms with Crippen LogP contribution in [-0.2, 0) is 6.54 Å². The van der Waals surface area contributed by atoms with Crippen LogP contribution in [0.1, 0.15) is 25.3 Å². The molecule has 1 nitrogen and oxygen atoms in total. The summed E-state index contributed by atoms with van der Waals surface area (Å²) in [7, 11) is 0. The third kappa shape index (κ3) is 3.55. The van der Waals surface area contributed by atoms with Crippen LogP contribution in [0.4, 0.5) is 0 Å². The second kappa shape index (κ2) is 6.18. The fourth-order valence-electron chi connectivity index (χ4n) is 1.91. The number of nitrogens with one attached hydrogen (secondary N) is 1. The summed E-state index contributed by atoms with van der Waals surface area (Å²) in [6, 6.07) is 13.1. The van der Waals surface area contributed by atoms with E-state index >= 15 is 0 Å². The predicted molar refractivity (Wildman–Crippen MR) is 78.3 cm³/mol. The minimum atomic E-state index is 0.964. The van der Waals surface area contributed by atoms with Crippen molar-refractivity contribution in [1.82, 2.24) is 5.32 Å². The Kier molecular flexibility index (Phi) is 4.57. The Morgan fingerprint density at radius 1 is 1.06 bits per heavy atom. The Balaban J connectivity index is 2.07. The first-order valence-electron chi connectivity index (χ1n) is 6.18. The van der Waals surface area contributed by atoms with Gasteiger partial charge in [-0.25, -0.2) is 0 Å². The molecule has 0 aliphatic carbocycles. The van der Waals surface area contributed by atoms with Gasteiger partial charge in [-0.1, -0.05) is 47.5 Å². The summed E-state index contributed by atoms with van der Waals surface area (Å²) in [6.07, 6.45) is 2.50. The summed E-state index contributed by atoms with van der Waals surface area (Å²) in [6.45, 7) is 4.29. The lowest BCUT2D eigenvalue weighted by Gasteiger charge is -2.06. The summed E-state index contributed by atoms with van der Waals surface area (Å²) in [4.78, 5) is 0. The van der Waals surface area contributed by atoms with Crippen molar-refractivity contribution in [2.75, 3.05) is 6.54 Å². The molecule has 0 fully saturated rings. The van der Waals surface area contributed by atoms with E-state index in [1.165, 1.54) is 29.2 Å². The zero-order valence-electron chi connectivity index (χ0n) is 10.2. The number of benzene rings is 2. The summed E-state index contributed by atoms with van der Waals surface area (Å²) in [5.74, 6) is 0. The van der Waals surface area contributed by atoms with Gasteiger partial charge in [0, 0.05) is 11.0 Å². The van der Waals surface area contributed by atoms with Gasteiger partial charge in [-0.2, -0.15) is 0 Å². The van der Waals surface area contributed by atoms with Gasteiger partial charge in [0.15, 0.2) is 0 Å². The van der Waals surface area contributed by atoms with Crippen LogP contribution in [0.25, 0.3) is 10.8 Å². The van der Waals surface area contributed by atoms with E-state index in [-0.39, 0.29) is 0 Å². The van der Waals surface area contributed by atoms with Gasteiger partial charge in [0.2, 0.25) is 0 Å². The van der Waals surface area contributed by atoms with Crippen LogP contribution < -0.4 is 5.32 Å². The Hall–Kier alpha value is -0.860. The van der Waals surface area contributed by atoms with Crippen molar-refractivity contribution in [1.29, 1.82) is 0 Å². The maximum atomic E-state index is 3.50. The first-order chi connectivity index (χ1) is 8.29. The van der Waals surface area contributed by atoms with Crippen molar-refractivity contribution < 1.29 is 0 Å². The zero-order valence-corrected chi connectivity index (χ0v) is 11.8. The van der Waals surface area contributed by atoms with E-state index in [0.717, 1.165) is 17.6 Å². The highest BCUT2D eigenvalue weighted by molar-refractivity contribution is 9.10. The number of rotatable bonds is 5. The summed E-state index contributed by atoms with van der Waals surface area (Å²) >= 11 is 3.50. The molecule has 0 unspecified atom stereocenters. The molecule has 1 N–H and O–H groups in total. The number of fused-ring (bicyclic) bond motifs is 1. The molecule has 17 heavy (non-hydrogen) atoms. The first kappa shape index (κ1) is 12.6. The fraction of sp³-hybridized carbons (Fsp3) is 0.333. The van der Waals surface area contributed by atoms with E-state index in [4.69, 9.17) is 0 Å². The molecule has 0 heterocycles. The second-order valence-corrected chi connectivity index (χ2v) is 5.27. The molecule has 2 heteroatoms. The molecule has 0 radical (unpaired) electrons. The largest absolute Gasteiger partial charge is 0.313 e. The Labute approximate surface area is 111 Å². The van der Waals surface area contributed by atoms with Gasteiger partial charge in [0.05, 0.1) is 0 Å². The van der Waals surface area contributed by atoms with Crippen LogP contribution in [0.2, 0.25) is 0 Å². The van der Waals surface area contributed by atoms with Crippen LogP contribution in [-0.4, -0.2) is 6.54 Å². The lowest BCUT2D eigenvalue weighted by molar-refractivity contribution is 0.642. The van der Waals surface area contributed by atoms with Crippen LogP contribution in [0, 0.1) is 0 Å². The third-order valence-electron chi connectivity index (χ3n) is 2.90.